The van der Waals surface area contributed by atoms with Crippen LogP contribution in [-0.2, 0) is 4.79 Å². The highest BCUT2D eigenvalue weighted by Crippen LogP contribution is 2.32. The molecule has 1 aromatic heterocycles. The lowest BCUT2D eigenvalue weighted by molar-refractivity contribution is -0.384. The Morgan fingerprint density at radius 2 is 1.88 bits per heavy atom. The van der Waals surface area contributed by atoms with Crippen LogP contribution in [0, 0.1) is 24.0 Å². The summed E-state index contributed by atoms with van der Waals surface area (Å²) in [6.45, 7) is 3.61. The van der Waals surface area contributed by atoms with Crippen molar-refractivity contribution >= 4 is 39.9 Å². The number of nitrogens with two attached hydrogens (primary N) is 1. The fourth-order valence-corrected chi connectivity index (χ4v) is 3.11. The lowest BCUT2D eigenvalue weighted by Crippen LogP contribution is -2.16. The third-order valence-electron chi connectivity index (χ3n) is 3.40. The van der Waals surface area contributed by atoms with E-state index >= 15 is 0 Å². The van der Waals surface area contributed by atoms with Crippen molar-refractivity contribution in [1.29, 1.82) is 0 Å². The third kappa shape index (κ3) is 3.85. The van der Waals surface area contributed by atoms with Gasteiger partial charge in [-0.2, -0.15) is 0 Å². The molecule has 1 aromatic carbocycles. The molecule has 2 aromatic rings. The van der Waals surface area contributed by atoms with Gasteiger partial charge in [-0.25, -0.2) is 0 Å². The minimum absolute atomic E-state index is 0.0211. The maximum Gasteiger partial charge on any atom is 0.269 e. The van der Waals surface area contributed by atoms with Gasteiger partial charge in [-0.15, -0.1) is 11.3 Å². The summed E-state index contributed by atoms with van der Waals surface area (Å²) in [5.41, 5.74) is 7.04. The molecule has 8 heteroatoms. The molecular formula is C16H15N3O4S. The predicted octanol–water partition coefficient (Wildman–Crippen LogP) is 3.02. The molecule has 0 aliphatic carbocycles. The average molecular weight is 345 g/mol. The third-order valence-corrected chi connectivity index (χ3v) is 4.52. The molecule has 0 radical (unpaired) electrons. The summed E-state index contributed by atoms with van der Waals surface area (Å²) in [5, 5.41) is 13.6. The van der Waals surface area contributed by atoms with Gasteiger partial charge in [0.15, 0.2) is 0 Å². The Morgan fingerprint density at radius 3 is 2.42 bits per heavy atom. The number of carbonyl (C=O) groups excluding carboxylic acids is 2. The van der Waals surface area contributed by atoms with Crippen LogP contribution in [0.1, 0.15) is 26.4 Å². The number of nitro benzene ring substituents is 1. The van der Waals surface area contributed by atoms with Crippen LogP contribution < -0.4 is 11.1 Å². The van der Waals surface area contributed by atoms with Gasteiger partial charge in [-0.3, -0.25) is 19.7 Å². The van der Waals surface area contributed by atoms with Gasteiger partial charge in [0, 0.05) is 23.1 Å². The van der Waals surface area contributed by atoms with E-state index in [1.807, 2.05) is 6.92 Å². The molecule has 0 aliphatic rings. The normalized spacial score (nSPS) is 10.8. The summed E-state index contributed by atoms with van der Waals surface area (Å²) < 4.78 is 0. The van der Waals surface area contributed by atoms with E-state index in [1.165, 1.54) is 47.8 Å². The molecule has 0 unspecified atom stereocenters. The number of hydrogen-bond acceptors (Lipinski definition) is 5. The topological polar surface area (TPSA) is 115 Å². The Labute approximate surface area is 141 Å². The van der Waals surface area contributed by atoms with Gasteiger partial charge in [0.25, 0.3) is 11.6 Å². The minimum atomic E-state index is -0.591. The van der Waals surface area contributed by atoms with Gasteiger partial charge in [0.05, 0.1) is 10.5 Å². The Bertz CT molecular complexity index is 838. The van der Waals surface area contributed by atoms with E-state index in [0.717, 1.165) is 10.4 Å². The van der Waals surface area contributed by atoms with Crippen molar-refractivity contribution in [3.8, 4) is 0 Å². The summed E-state index contributed by atoms with van der Waals surface area (Å²) >= 11 is 1.28. The molecule has 0 bridgehead atoms. The van der Waals surface area contributed by atoms with Crippen LogP contribution in [0.4, 0.5) is 10.7 Å². The number of nitro groups is 1. The average Bonchev–Trinajstić information content (AvgIpc) is 2.80. The summed E-state index contributed by atoms with van der Waals surface area (Å²) in [5.74, 6) is -1.01. The molecule has 0 aliphatic heterocycles. The minimum Gasteiger partial charge on any atom is -0.365 e. The Hall–Kier alpha value is -3.00. The van der Waals surface area contributed by atoms with Crippen LogP contribution in [0.5, 0.6) is 0 Å². The second-order valence-electron chi connectivity index (χ2n) is 5.02. The molecule has 0 spiro atoms. The van der Waals surface area contributed by atoms with Crippen molar-refractivity contribution < 1.29 is 14.5 Å². The molecule has 0 atom stereocenters. The maximum atomic E-state index is 12.0. The monoisotopic (exact) mass is 345 g/mol. The zero-order valence-electron chi connectivity index (χ0n) is 13.0. The van der Waals surface area contributed by atoms with Gasteiger partial charge in [0.1, 0.15) is 5.00 Å². The Morgan fingerprint density at radius 1 is 1.25 bits per heavy atom. The van der Waals surface area contributed by atoms with Gasteiger partial charge >= 0.3 is 0 Å². The first-order chi connectivity index (χ1) is 11.3. The number of amides is 2. The van der Waals surface area contributed by atoms with Crippen molar-refractivity contribution in [2.24, 2.45) is 5.73 Å². The molecule has 1 heterocycles. The van der Waals surface area contributed by atoms with E-state index in [0.29, 0.717) is 16.1 Å². The first kappa shape index (κ1) is 17.4. The Kier molecular flexibility index (Phi) is 5.10. The SMILES string of the molecule is Cc1sc(NC(=O)C=Cc2ccc([N+](=O)[O-])cc2)c(C(N)=O)c1C. The molecule has 3 N–H and O–H groups in total. The number of primary amides is 1. The van der Waals surface area contributed by atoms with E-state index in [4.69, 9.17) is 5.73 Å². The fourth-order valence-electron chi connectivity index (χ4n) is 2.04. The van der Waals surface area contributed by atoms with Crippen molar-refractivity contribution in [2.45, 2.75) is 13.8 Å². The van der Waals surface area contributed by atoms with E-state index in [2.05, 4.69) is 5.32 Å². The van der Waals surface area contributed by atoms with Crippen molar-refractivity contribution in [3.05, 3.63) is 62.0 Å². The predicted molar refractivity (Wildman–Crippen MR) is 93.1 cm³/mol. The van der Waals surface area contributed by atoms with Gasteiger partial charge in [0.2, 0.25) is 5.91 Å². The summed E-state index contributed by atoms with van der Waals surface area (Å²) in [7, 11) is 0. The van der Waals surface area contributed by atoms with Gasteiger partial charge in [-0.05, 0) is 43.2 Å². The summed E-state index contributed by atoms with van der Waals surface area (Å²) in [4.78, 5) is 34.5. The highest BCUT2D eigenvalue weighted by Gasteiger charge is 2.18. The second kappa shape index (κ2) is 7.05. The number of nitrogens with one attached hydrogen (secondary N) is 1. The molecule has 124 valence electrons. The van der Waals surface area contributed by atoms with Crippen LogP contribution in [0.15, 0.2) is 30.3 Å². The molecular weight excluding hydrogens is 330 g/mol. The number of benzene rings is 1. The number of aryl methyl sites for hydroxylation is 1. The van der Waals surface area contributed by atoms with Crippen LogP contribution in [0.25, 0.3) is 6.08 Å². The van der Waals surface area contributed by atoms with E-state index in [-0.39, 0.29) is 5.69 Å². The van der Waals surface area contributed by atoms with Crippen molar-refractivity contribution in [3.63, 3.8) is 0 Å². The number of non-ortho nitro benzene ring substituents is 1. The molecule has 0 saturated heterocycles. The van der Waals surface area contributed by atoms with Crippen LogP contribution in [-0.4, -0.2) is 16.7 Å². The quantitative estimate of drug-likeness (QED) is 0.492. The number of carbonyl (C=O) groups is 2. The molecule has 7 nitrogen and oxygen atoms in total. The standard InChI is InChI=1S/C16H15N3O4S/c1-9-10(2)24-16(14(9)15(17)21)18-13(20)8-5-11-3-6-12(7-4-11)19(22)23/h3-8H,1-2H3,(H2,17,21)(H,18,20). The molecule has 0 fully saturated rings. The maximum absolute atomic E-state index is 12.0. The van der Waals surface area contributed by atoms with Gasteiger partial charge < -0.3 is 11.1 Å². The van der Waals surface area contributed by atoms with Crippen LogP contribution in [0.3, 0.4) is 0 Å². The largest absolute Gasteiger partial charge is 0.365 e. The molecule has 2 rings (SSSR count). The second-order valence-corrected chi connectivity index (χ2v) is 6.25. The van der Waals surface area contributed by atoms with Crippen molar-refractivity contribution in [1.82, 2.24) is 0 Å². The number of anilines is 1. The number of nitrogens with zero attached hydrogens (tertiary/aromatic N) is 1. The fraction of sp³-hybridized carbons (Fsp3) is 0.125. The highest BCUT2D eigenvalue weighted by molar-refractivity contribution is 7.16. The highest BCUT2D eigenvalue weighted by atomic mass is 32.1. The number of thiophene rings is 1. The number of hydrogen-bond donors (Lipinski definition) is 2. The summed E-state index contributed by atoms with van der Waals surface area (Å²) in [6, 6.07) is 5.79. The molecule has 24 heavy (non-hydrogen) atoms. The zero-order valence-corrected chi connectivity index (χ0v) is 13.8. The number of rotatable bonds is 5. The summed E-state index contributed by atoms with van der Waals surface area (Å²) in [6.07, 6.45) is 2.81. The van der Waals surface area contributed by atoms with Crippen LogP contribution >= 0.6 is 11.3 Å². The smallest absolute Gasteiger partial charge is 0.269 e. The first-order valence-electron chi connectivity index (χ1n) is 6.93. The Balaban J connectivity index is 2.12. The molecule has 2 amide bonds. The lowest BCUT2D eigenvalue weighted by Gasteiger charge is -2.02. The first-order valence-corrected chi connectivity index (χ1v) is 7.74. The van der Waals surface area contributed by atoms with E-state index in [1.54, 1.807) is 6.92 Å². The van der Waals surface area contributed by atoms with E-state index < -0.39 is 16.7 Å². The zero-order chi connectivity index (χ0) is 17.9. The van der Waals surface area contributed by atoms with Crippen LogP contribution in [0.2, 0.25) is 0 Å². The lowest BCUT2D eigenvalue weighted by atomic mass is 10.1. The van der Waals surface area contributed by atoms with Crippen molar-refractivity contribution in [2.75, 3.05) is 5.32 Å². The van der Waals surface area contributed by atoms with E-state index in [9.17, 15) is 19.7 Å². The van der Waals surface area contributed by atoms with Gasteiger partial charge in [-0.1, -0.05) is 0 Å². The molecule has 0 saturated carbocycles.